The van der Waals surface area contributed by atoms with E-state index in [1.54, 1.807) is 12.3 Å². The molecule has 1 N–H and O–H groups in total. The number of hydrogen-bond donors (Lipinski definition) is 1. The molecule has 0 spiro atoms. The van der Waals surface area contributed by atoms with Crippen LogP contribution in [0.25, 0.3) is 0 Å². The van der Waals surface area contributed by atoms with Crippen LogP contribution in [0.1, 0.15) is 52.4 Å². The fraction of sp³-hybridized carbons (Fsp3) is 0.647. The number of ether oxygens (including phenoxy) is 2. The van der Waals surface area contributed by atoms with Crippen LogP contribution in [-0.4, -0.2) is 29.7 Å². The average Bonchev–Trinajstić information content (AvgIpc) is 2.55. The molecule has 5 nitrogen and oxygen atoms in total. The number of carbonyl (C=O) groups is 1. The van der Waals surface area contributed by atoms with Gasteiger partial charge in [0.15, 0.2) is 0 Å². The van der Waals surface area contributed by atoms with Gasteiger partial charge in [0.2, 0.25) is 5.88 Å². The second-order valence-electron chi connectivity index (χ2n) is 5.68. The van der Waals surface area contributed by atoms with Gasteiger partial charge in [0, 0.05) is 12.7 Å². The van der Waals surface area contributed by atoms with E-state index >= 15 is 0 Å². The number of nitrogens with one attached hydrogen (secondary N) is 1. The van der Waals surface area contributed by atoms with Crippen molar-refractivity contribution in [3.05, 3.63) is 18.3 Å². The smallest absolute Gasteiger partial charge is 0.256 e. The summed E-state index contributed by atoms with van der Waals surface area (Å²) in [7, 11) is 0. The minimum atomic E-state index is -0.676. The summed E-state index contributed by atoms with van der Waals surface area (Å²) in [6, 6.07) is 3.60. The Balaban J connectivity index is 2.00. The molecule has 0 unspecified atom stereocenters. The standard InChI is InChI=1S/C17H26N2O3/c1-3-12-21-15-9-8-14(13-18-15)19-16(20)17(22-4-2)10-6-5-7-11-17/h8-9,13H,3-7,10-12H2,1-2H3,(H,19,20). The highest BCUT2D eigenvalue weighted by Gasteiger charge is 2.40. The summed E-state index contributed by atoms with van der Waals surface area (Å²) >= 11 is 0. The van der Waals surface area contributed by atoms with Crippen LogP contribution >= 0.6 is 0 Å². The summed E-state index contributed by atoms with van der Waals surface area (Å²) in [5.74, 6) is 0.523. The number of aromatic nitrogens is 1. The summed E-state index contributed by atoms with van der Waals surface area (Å²) in [5.41, 5.74) is 0.00296. The third kappa shape index (κ3) is 4.19. The van der Waals surface area contributed by atoms with E-state index in [9.17, 15) is 4.79 Å². The molecule has 5 heteroatoms. The molecule has 1 aromatic heterocycles. The van der Waals surface area contributed by atoms with Crippen LogP contribution in [0.15, 0.2) is 18.3 Å². The van der Waals surface area contributed by atoms with Gasteiger partial charge < -0.3 is 14.8 Å². The van der Waals surface area contributed by atoms with Crippen LogP contribution in [0.3, 0.4) is 0 Å². The Morgan fingerprint density at radius 2 is 2.05 bits per heavy atom. The lowest BCUT2D eigenvalue weighted by Gasteiger charge is -2.35. The van der Waals surface area contributed by atoms with Crippen LogP contribution in [0.4, 0.5) is 5.69 Å². The lowest BCUT2D eigenvalue weighted by Crippen LogP contribution is -2.47. The number of rotatable bonds is 7. The molecule has 1 heterocycles. The second-order valence-corrected chi connectivity index (χ2v) is 5.68. The monoisotopic (exact) mass is 306 g/mol. The van der Waals surface area contributed by atoms with E-state index < -0.39 is 5.60 Å². The van der Waals surface area contributed by atoms with Crippen molar-refractivity contribution in [2.45, 2.75) is 58.0 Å². The Morgan fingerprint density at radius 3 is 2.64 bits per heavy atom. The Kier molecular flexibility index (Phi) is 6.19. The van der Waals surface area contributed by atoms with Crippen LogP contribution < -0.4 is 10.1 Å². The molecule has 0 radical (unpaired) electrons. The van der Waals surface area contributed by atoms with Gasteiger partial charge in [-0.2, -0.15) is 0 Å². The largest absolute Gasteiger partial charge is 0.478 e. The number of carbonyl (C=O) groups excluding carboxylic acids is 1. The van der Waals surface area contributed by atoms with Crippen molar-refractivity contribution in [1.29, 1.82) is 0 Å². The van der Waals surface area contributed by atoms with Gasteiger partial charge >= 0.3 is 0 Å². The molecule has 1 aliphatic rings. The molecule has 1 aromatic rings. The van der Waals surface area contributed by atoms with E-state index in [2.05, 4.69) is 10.3 Å². The third-order valence-electron chi connectivity index (χ3n) is 3.94. The summed E-state index contributed by atoms with van der Waals surface area (Å²) < 4.78 is 11.3. The summed E-state index contributed by atoms with van der Waals surface area (Å²) in [5, 5.41) is 2.94. The fourth-order valence-corrected chi connectivity index (χ4v) is 2.83. The molecule has 2 rings (SSSR count). The van der Waals surface area contributed by atoms with Gasteiger partial charge in [-0.25, -0.2) is 4.98 Å². The summed E-state index contributed by atoms with van der Waals surface area (Å²) in [6.07, 6.45) is 7.40. The zero-order valence-corrected chi connectivity index (χ0v) is 13.6. The van der Waals surface area contributed by atoms with Crippen molar-refractivity contribution in [1.82, 2.24) is 4.98 Å². The van der Waals surface area contributed by atoms with E-state index in [-0.39, 0.29) is 5.91 Å². The zero-order chi connectivity index (χ0) is 15.8. The quantitative estimate of drug-likeness (QED) is 0.837. The molecule has 1 fully saturated rings. The first-order valence-electron chi connectivity index (χ1n) is 8.24. The van der Waals surface area contributed by atoms with E-state index in [4.69, 9.17) is 9.47 Å². The van der Waals surface area contributed by atoms with E-state index in [0.717, 1.165) is 32.1 Å². The highest BCUT2D eigenvalue weighted by molar-refractivity contribution is 5.97. The fourth-order valence-electron chi connectivity index (χ4n) is 2.83. The highest BCUT2D eigenvalue weighted by Crippen LogP contribution is 2.33. The maximum absolute atomic E-state index is 12.6. The number of pyridine rings is 1. The molecule has 0 aliphatic heterocycles. The molecule has 122 valence electrons. The van der Waals surface area contributed by atoms with E-state index in [1.165, 1.54) is 6.42 Å². The SMILES string of the molecule is CCCOc1ccc(NC(=O)C2(OCC)CCCCC2)cn1. The zero-order valence-electron chi connectivity index (χ0n) is 13.6. The maximum Gasteiger partial charge on any atom is 0.256 e. The van der Waals surface area contributed by atoms with Gasteiger partial charge in [-0.05, 0) is 32.3 Å². The lowest BCUT2D eigenvalue weighted by atomic mass is 9.83. The second kappa shape index (κ2) is 8.13. The predicted octanol–water partition coefficient (Wildman–Crippen LogP) is 3.55. The van der Waals surface area contributed by atoms with Crippen molar-refractivity contribution in [3.8, 4) is 5.88 Å². The molecular weight excluding hydrogens is 280 g/mol. The number of nitrogens with zero attached hydrogens (tertiary/aromatic N) is 1. The van der Waals surface area contributed by atoms with Gasteiger partial charge in [0.1, 0.15) is 5.60 Å². The topological polar surface area (TPSA) is 60.5 Å². The predicted molar refractivity (Wildman–Crippen MR) is 86.1 cm³/mol. The molecule has 1 aliphatic carbocycles. The maximum atomic E-state index is 12.6. The minimum Gasteiger partial charge on any atom is -0.478 e. The minimum absolute atomic E-state index is 0.0573. The molecule has 0 bridgehead atoms. The van der Waals surface area contributed by atoms with Crippen LogP contribution in [0, 0.1) is 0 Å². The van der Waals surface area contributed by atoms with Gasteiger partial charge in [-0.15, -0.1) is 0 Å². The third-order valence-corrected chi connectivity index (χ3v) is 3.94. The first kappa shape index (κ1) is 16.7. The van der Waals surface area contributed by atoms with Gasteiger partial charge in [0.25, 0.3) is 5.91 Å². The molecule has 0 aromatic carbocycles. The first-order chi connectivity index (χ1) is 10.7. The van der Waals surface area contributed by atoms with Crippen molar-refractivity contribution in [2.75, 3.05) is 18.5 Å². The van der Waals surface area contributed by atoms with Crippen LogP contribution in [0.5, 0.6) is 5.88 Å². The Hall–Kier alpha value is -1.62. The molecule has 0 saturated heterocycles. The Labute approximate surface area is 132 Å². The molecule has 0 atom stereocenters. The lowest BCUT2D eigenvalue weighted by molar-refractivity contribution is -0.145. The first-order valence-corrected chi connectivity index (χ1v) is 8.24. The highest BCUT2D eigenvalue weighted by atomic mass is 16.5. The number of hydrogen-bond acceptors (Lipinski definition) is 4. The van der Waals surface area contributed by atoms with Crippen LogP contribution in [-0.2, 0) is 9.53 Å². The van der Waals surface area contributed by atoms with Gasteiger partial charge in [-0.1, -0.05) is 26.2 Å². The summed E-state index contributed by atoms with van der Waals surface area (Å²) in [4.78, 5) is 16.8. The normalized spacial score (nSPS) is 17.0. The van der Waals surface area contributed by atoms with Gasteiger partial charge in [-0.3, -0.25) is 4.79 Å². The Morgan fingerprint density at radius 1 is 1.27 bits per heavy atom. The molecule has 1 amide bonds. The average molecular weight is 306 g/mol. The van der Waals surface area contributed by atoms with Crippen molar-refractivity contribution < 1.29 is 14.3 Å². The van der Waals surface area contributed by atoms with Crippen molar-refractivity contribution in [2.24, 2.45) is 0 Å². The Bertz CT molecular complexity index is 462. The number of anilines is 1. The van der Waals surface area contributed by atoms with E-state index in [1.807, 2.05) is 19.9 Å². The summed E-state index contributed by atoms with van der Waals surface area (Å²) in [6.45, 7) is 5.18. The number of amides is 1. The van der Waals surface area contributed by atoms with Crippen LogP contribution in [0.2, 0.25) is 0 Å². The molecule has 22 heavy (non-hydrogen) atoms. The molecular formula is C17H26N2O3. The van der Waals surface area contributed by atoms with E-state index in [0.29, 0.717) is 24.8 Å². The van der Waals surface area contributed by atoms with Crippen molar-refractivity contribution in [3.63, 3.8) is 0 Å². The molecule has 1 saturated carbocycles. The van der Waals surface area contributed by atoms with Gasteiger partial charge in [0.05, 0.1) is 18.5 Å². The van der Waals surface area contributed by atoms with Crippen molar-refractivity contribution >= 4 is 11.6 Å².